The molecular formula is C44H51N7O6. The number of nitrogens with zero attached hydrogens (tertiary/aromatic N) is 4. The predicted octanol–water partition coefficient (Wildman–Crippen LogP) is 7.25. The topological polar surface area (TPSA) is 158 Å². The van der Waals surface area contributed by atoms with Gasteiger partial charge >= 0.3 is 12.2 Å². The molecule has 3 aliphatic heterocycles. The van der Waals surface area contributed by atoms with Crippen molar-refractivity contribution in [1.82, 2.24) is 30.4 Å². The zero-order valence-corrected chi connectivity index (χ0v) is 32.1. The minimum Gasteiger partial charge on any atom is -0.453 e. The number of amides is 4. The van der Waals surface area contributed by atoms with Crippen LogP contribution in [-0.2, 0) is 19.1 Å². The average molecular weight is 774 g/mol. The molecule has 4 amide bonds. The van der Waals surface area contributed by atoms with Crippen molar-refractivity contribution in [2.75, 3.05) is 20.8 Å². The first-order valence-corrected chi connectivity index (χ1v) is 19.4. The molecule has 1 aliphatic carbocycles. The summed E-state index contributed by atoms with van der Waals surface area (Å²) in [6.07, 6.45) is 7.88. The Morgan fingerprint density at radius 1 is 0.807 bits per heavy atom. The highest BCUT2D eigenvalue weighted by Crippen LogP contribution is 2.50. The minimum atomic E-state index is -0.697. The monoisotopic (exact) mass is 773 g/mol. The molecule has 13 heteroatoms. The zero-order chi connectivity index (χ0) is 39.1. The lowest BCUT2D eigenvalue weighted by Gasteiger charge is -2.36. The van der Waals surface area contributed by atoms with E-state index < -0.39 is 24.3 Å². The Labute approximate surface area is 332 Å². The lowest BCUT2D eigenvalue weighted by molar-refractivity contribution is -0.137. The van der Waals surface area contributed by atoms with Gasteiger partial charge in [0.25, 0.3) is 0 Å². The van der Waals surface area contributed by atoms with Gasteiger partial charge in [-0.15, -0.1) is 0 Å². The van der Waals surface area contributed by atoms with Gasteiger partial charge in [0, 0.05) is 36.5 Å². The number of rotatable bonds is 9. The van der Waals surface area contributed by atoms with Crippen LogP contribution >= 0.6 is 0 Å². The van der Waals surface area contributed by atoms with E-state index in [9.17, 15) is 19.2 Å². The number of aromatic nitrogens is 2. The Morgan fingerprint density at radius 2 is 1.44 bits per heavy atom. The minimum absolute atomic E-state index is 0. The molecule has 3 N–H and O–H groups in total. The molecule has 0 spiro atoms. The van der Waals surface area contributed by atoms with Crippen LogP contribution in [0.5, 0.6) is 0 Å². The largest absolute Gasteiger partial charge is 0.453 e. The molecule has 2 bridgehead atoms. The number of aliphatic imine (C=N–C) groups is 1. The second-order valence-electron chi connectivity index (χ2n) is 15.3. The van der Waals surface area contributed by atoms with Gasteiger partial charge in [0.2, 0.25) is 11.8 Å². The van der Waals surface area contributed by atoms with Crippen LogP contribution in [0.2, 0.25) is 0 Å². The molecule has 2 saturated heterocycles. The van der Waals surface area contributed by atoms with Crippen LogP contribution in [-0.4, -0.2) is 94.4 Å². The third-order valence-electron chi connectivity index (χ3n) is 11.9. The number of nitrogens with one attached hydrogen (secondary N) is 3. The Morgan fingerprint density at radius 3 is 2.14 bits per heavy atom. The third kappa shape index (κ3) is 7.62. The van der Waals surface area contributed by atoms with Gasteiger partial charge in [-0.2, -0.15) is 0 Å². The Bertz CT molecular complexity index is 2250. The van der Waals surface area contributed by atoms with Crippen molar-refractivity contribution < 1.29 is 28.7 Å². The molecular weight excluding hydrogens is 723 g/mol. The second kappa shape index (κ2) is 16.2. The number of ether oxygens (including phenoxy) is 2. The van der Waals surface area contributed by atoms with Crippen LogP contribution in [0, 0.1) is 5.92 Å². The maximum absolute atomic E-state index is 13.5. The fourth-order valence-corrected chi connectivity index (χ4v) is 9.03. The molecule has 298 valence electrons. The van der Waals surface area contributed by atoms with Gasteiger partial charge in [-0.3, -0.25) is 14.6 Å². The maximum atomic E-state index is 13.5. The van der Waals surface area contributed by atoms with Crippen molar-refractivity contribution >= 4 is 46.1 Å². The zero-order valence-electron chi connectivity index (χ0n) is 32.1. The number of alkyl carbamates (subject to hydrolysis) is 2. The number of benzene rings is 3. The SMILES string of the molecule is C.COC(=O)N[C@@H](C)C(=O)N1CCC[C@H]1C1=NC=C(c2ccc(-c3ccc4cc(-c5cnc([C@@H]6[C@H]7CC[C@H](C7)N6C(=O)[C@H](C)NC(=O)OC)[nH]5)ccc4c3)cc2)C1. The first-order chi connectivity index (χ1) is 27.1. The van der Waals surface area contributed by atoms with Gasteiger partial charge in [-0.05, 0) is 97.0 Å². The highest BCUT2D eigenvalue weighted by molar-refractivity contribution is 6.04. The van der Waals surface area contributed by atoms with E-state index in [0.717, 1.165) is 87.9 Å². The number of H-pyrrole nitrogens is 1. The molecule has 0 radical (unpaired) electrons. The number of methoxy groups -OCH3 is 2. The Balaban J connectivity index is 0.00000496. The summed E-state index contributed by atoms with van der Waals surface area (Å²) in [6.45, 7) is 4.01. The maximum Gasteiger partial charge on any atom is 0.407 e. The fraction of sp³-hybridized carbons (Fsp3) is 0.409. The van der Waals surface area contributed by atoms with Gasteiger partial charge < -0.3 is 34.9 Å². The quantitative estimate of drug-likeness (QED) is 0.162. The molecule has 3 aromatic carbocycles. The fourth-order valence-electron chi connectivity index (χ4n) is 9.03. The van der Waals surface area contributed by atoms with Crippen LogP contribution < -0.4 is 10.6 Å². The van der Waals surface area contributed by atoms with Gasteiger partial charge in [0.15, 0.2) is 0 Å². The molecule has 0 unspecified atom stereocenters. The summed E-state index contributed by atoms with van der Waals surface area (Å²) in [4.78, 5) is 67.0. The normalized spacial score (nSPS) is 22.0. The first kappa shape index (κ1) is 39.3. The number of hydrogen-bond acceptors (Lipinski definition) is 8. The number of piperidine rings is 1. The van der Waals surface area contributed by atoms with E-state index in [0.29, 0.717) is 18.9 Å². The molecule has 8 rings (SSSR count). The summed E-state index contributed by atoms with van der Waals surface area (Å²) < 4.78 is 9.38. The van der Waals surface area contributed by atoms with E-state index >= 15 is 0 Å². The Kier molecular flexibility index (Phi) is 11.2. The number of fused-ring (bicyclic) bond motifs is 3. The third-order valence-corrected chi connectivity index (χ3v) is 11.9. The molecule has 4 aliphatic rings. The van der Waals surface area contributed by atoms with Crippen molar-refractivity contribution in [3.8, 4) is 22.4 Å². The molecule has 3 fully saturated rings. The van der Waals surface area contributed by atoms with Gasteiger partial charge in [0.05, 0.1) is 38.2 Å². The number of carbonyl (C=O) groups excluding carboxylic acids is 4. The number of hydrogen-bond donors (Lipinski definition) is 3. The van der Waals surface area contributed by atoms with Gasteiger partial charge in [-0.25, -0.2) is 14.6 Å². The number of aromatic amines is 1. The molecule has 1 aromatic heterocycles. The van der Waals surface area contributed by atoms with Crippen molar-refractivity contribution in [1.29, 1.82) is 0 Å². The second-order valence-corrected chi connectivity index (χ2v) is 15.3. The van der Waals surface area contributed by atoms with Crippen LogP contribution in [0.4, 0.5) is 9.59 Å². The lowest BCUT2D eigenvalue weighted by Crippen LogP contribution is -2.50. The van der Waals surface area contributed by atoms with Crippen LogP contribution in [0.25, 0.3) is 38.7 Å². The number of likely N-dealkylation sites (tertiary alicyclic amines) is 2. The molecule has 4 heterocycles. The molecule has 1 saturated carbocycles. The molecule has 13 nitrogen and oxygen atoms in total. The molecule has 6 atom stereocenters. The van der Waals surface area contributed by atoms with Gasteiger partial charge in [-0.1, -0.05) is 56.0 Å². The molecule has 57 heavy (non-hydrogen) atoms. The summed E-state index contributed by atoms with van der Waals surface area (Å²) in [5.41, 5.74) is 7.32. The van der Waals surface area contributed by atoms with E-state index in [1.807, 2.05) is 22.2 Å². The summed E-state index contributed by atoms with van der Waals surface area (Å²) >= 11 is 0. The Hall–Kier alpha value is -5.98. The number of imidazole rings is 1. The summed E-state index contributed by atoms with van der Waals surface area (Å²) in [7, 11) is 2.57. The summed E-state index contributed by atoms with van der Waals surface area (Å²) in [6, 6.07) is 19.9. The smallest absolute Gasteiger partial charge is 0.407 e. The first-order valence-electron chi connectivity index (χ1n) is 19.4. The van der Waals surface area contributed by atoms with Crippen LogP contribution in [0.1, 0.15) is 77.2 Å². The highest BCUT2D eigenvalue weighted by Gasteiger charge is 2.50. The predicted molar refractivity (Wildman–Crippen MR) is 219 cm³/mol. The summed E-state index contributed by atoms with van der Waals surface area (Å²) in [5, 5.41) is 7.44. The van der Waals surface area contributed by atoms with Crippen molar-refractivity contribution in [3.05, 3.63) is 84.4 Å². The van der Waals surface area contributed by atoms with E-state index in [1.165, 1.54) is 14.2 Å². The number of carbonyl (C=O) groups is 4. The highest BCUT2D eigenvalue weighted by atomic mass is 16.5. The van der Waals surface area contributed by atoms with Crippen molar-refractivity contribution in [2.45, 2.75) is 90.0 Å². The van der Waals surface area contributed by atoms with E-state index in [2.05, 4.69) is 81.0 Å². The van der Waals surface area contributed by atoms with E-state index in [1.54, 1.807) is 13.8 Å². The molecule has 4 aromatic rings. The van der Waals surface area contributed by atoms with E-state index in [-0.39, 0.29) is 37.4 Å². The van der Waals surface area contributed by atoms with Crippen molar-refractivity contribution in [3.63, 3.8) is 0 Å². The van der Waals surface area contributed by atoms with E-state index in [4.69, 9.17) is 14.7 Å². The van der Waals surface area contributed by atoms with Gasteiger partial charge in [0.1, 0.15) is 17.9 Å². The number of allylic oxidation sites excluding steroid dienone is 1. The lowest BCUT2D eigenvalue weighted by atomic mass is 9.95. The van der Waals surface area contributed by atoms with Crippen LogP contribution in [0.15, 0.2) is 78.1 Å². The summed E-state index contributed by atoms with van der Waals surface area (Å²) in [5.74, 6) is 0.849. The average Bonchev–Trinajstić information content (AvgIpc) is 4.08. The van der Waals surface area contributed by atoms with Crippen molar-refractivity contribution in [2.24, 2.45) is 10.9 Å². The van der Waals surface area contributed by atoms with Crippen LogP contribution in [0.3, 0.4) is 0 Å². The standard InChI is InChI=1S/C43H47N7O6.CH4/c1-24(46-42(53)55-3)40(51)49-17-5-6-37(49)35-21-33(22-44-35)27-9-7-26(8-10-27)28-11-12-30-19-31(14-13-29(30)18-28)36-23-45-39(48-36)38-32-15-16-34(20-32)50(38)41(52)25(2)47-43(54)56-4;/h7-14,18-19,22-25,32,34,37-38H,5-6,15-17,20-21H2,1-4H3,(H,45,48)(H,46,53)(H,47,54);1H4/t24-,25-,32-,34+,37-,38-;/m0./s1.